The Morgan fingerprint density at radius 1 is 1.19 bits per heavy atom. The molecule has 4 heteroatoms. The zero-order valence-electron chi connectivity index (χ0n) is 15.6. The van der Waals surface area contributed by atoms with Gasteiger partial charge in [-0.15, -0.1) is 0 Å². The van der Waals surface area contributed by atoms with Crippen LogP contribution in [0.25, 0.3) is 10.9 Å². The summed E-state index contributed by atoms with van der Waals surface area (Å²) in [6, 6.07) is 14.8. The van der Waals surface area contributed by atoms with Crippen molar-refractivity contribution in [3.05, 3.63) is 71.2 Å². The van der Waals surface area contributed by atoms with E-state index in [1.54, 1.807) is 6.07 Å². The number of carbonyl (C=O) groups is 1. The van der Waals surface area contributed by atoms with Gasteiger partial charge in [-0.2, -0.15) is 0 Å². The fourth-order valence-electron chi connectivity index (χ4n) is 3.33. The number of hydrogen-bond donors (Lipinski definition) is 1. The number of hydrogen-bond acceptors (Lipinski definition) is 1. The van der Waals surface area contributed by atoms with Gasteiger partial charge in [-0.25, -0.2) is 4.39 Å². The number of amides is 1. The maximum atomic E-state index is 13.7. The van der Waals surface area contributed by atoms with Crippen LogP contribution in [-0.4, -0.2) is 21.8 Å². The van der Waals surface area contributed by atoms with E-state index >= 15 is 0 Å². The molecule has 1 unspecified atom stereocenters. The van der Waals surface area contributed by atoms with E-state index < -0.39 is 0 Å². The summed E-state index contributed by atoms with van der Waals surface area (Å²) in [6.07, 6.45) is 1.16. The van der Waals surface area contributed by atoms with Gasteiger partial charge in [-0.1, -0.05) is 37.3 Å². The molecule has 1 aromatic heterocycles. The van der Waals surface area contributed by atoms with Crippen molar-refractivity contribution in [2.75, 3.05) is 0 Å². The molecule has 0 saturated carbocycles. The SMILES string of the molecule is CCC(C)N(Cc1ccccc1)C(=O)Cc1c(C)[nH]c2ccc(F)cc12. The second kappa shape index (κ2) is 7.73. The predicted octanol–water partition coefficient (Wildman–Crippen LogP) is 4.99. The van der Waals surface area contributed by atoms with E-state index in [1.807, 2.05) is 42.2 Å². The van der Waals surface area contributed by atoms with Crippen LogP contribution in [0.3, 0.4) is 0 Å². The van der Waals surface area contributed by atoms with Crippen molar-refractivity contribution in [3.8, 4) is 0 Å². The minimum Gasteiger partial charge on any atom is -0.358 e. The molecule has 3 rings (SSSR count). The minimum atomic E-state index is -0.284. The Morgan fingerprint density at radius 3 is 2.62 bits per heavy atom. The third kappa shape index (κ3) is 3.79. The van der Waals surface area contributed by atoms with Crippen LogP contribution in [0.2, 0.25) is 0 Å². The largest absolute Gasteiger partial charge is 0.358 e. The molecule has 2 aromatic carbocycles. The molecule has 1 atom stereocenters. The zero-order valence-corrected chi connectivity index (χ0v) is 15.6. The predicted molar refractivity (Wildman–Crippen MR) is 103 cm³/mol. The summed E-state index contributed by atoms with van der Waals surface area (Å²) in [7, 11) is 0. The molecule has 0 aliphatic carbocycles. The van der Waals surface area contributed by atoms with E-state index in [4.69, 9.17) is 0 Å². The zero-order chi connectivity index (χ0) is 18.7. The molecular weight excluding hydrogens is 327 g/mol. The minimum absolute atomic E-state index is 0.0662. The third-order valence-corrected chi connectivity index (χ3v) is 5.05. The number of fused-ring (bicyclic) bond motifs is 1. The maximum Gasteiger partial charge on any atom is 0.227 e. The van der Waals surface area contributed by atoms with Crippen molar-refractivity contribution in [1.82, 2.24) is 9.88 Å². The number of aromatic amines is 1. The van der Waals surface area contributed by atoms with Gasteiger partial charge in [0.2, 0.25) is 5.91 Å². The van der Waals surface area contributed by atoms with E-state index in [2.05, 4.69) is 18.8 Å². The van der Waals surface area contributed by atoms with Gasteiger partial charge in [0, 0.05) is 29.2 Å². The van der Waals surface area contributed by atoms with Crippen molar-refractivity contribution >= 4 is 16.8 Å². The number of benzene rings is 2. The van der Waals surface area contributed by atoms with Gasteiger partial charge in [0.25, 0.3) is 0 Å². The highest BCUT2D eigenvalue weighted by molar-refractivity contribution is 5.90. The second-order valence-electron chi connectivity index (χ2n) is 6.86. The summed E-state index contributed by atoms with van der Waals surface area (Å²) >= 11 is 0. The first kappa shape index (κ1) is 18.2. The number of rotatable bonds is 6. The monoisotopic (exact) mass is 352 g/mol. The highest BCUT2D eigenvalue weighted by Crippen LogP contribution is 2.25. The van der Waals surface area contributed by atoms with Crippen LogP contribution < -0.4 is 0 Å². The third-order valence-electron chi connectivity index (χ3n) is 5.05. The second-order valence-corrected chi connectivity index (χ2v) is 6.86. The van der Waals surface area contributed by atoms with E-state index in [1.165, 1.54) is 12.1 Å². The Morgan fingerprint density at radius 2 is 1.92 bits per heavy atom. The summed E-state index contributed by atoms with van der Waals surface area (Å²) in [5, 5.41) is 0.791. The molecule has 0 saturated heterocycles. The Kier molecular flexibility index (Phi) is 5.40. The molecule has 136 valence electrons. The average Bonchev–Trinajstić information content (AvgIpc) is 2.95. The first-order chi connectivity index (χ1) is 12.5. The summed E-state index contributed by atoms with van der Waals surface area (Å²) in [4.78, 5) is 18.3. The molecule has 1 heterocycles. The van der Waals surface area contributed by atoms with Gasteiger partial charge in [0.15, 0.2) is 0 Å². The number of halogens is 1. The molecule has 0 spiro atoms. The van der Waals surface area contributed by atoms with E-state index in [9.17, 15) is 9.18 Å². The van der Waals surface area contributed by atoms with E-state index in [0.717, 1.165) is 34.1 Å². The number of H-pyrrole nitrogens is 1. The Hall–Kier alpha value is -2.62. The highest BCUT2D eigenvalue weighted by Gasteiger charge is 2.22. The fraction of sp³-hybridized carbons (Fsp3) is 0.318. The lowest BCUT2D eigenvalue weighted by Gasteiger charge is -2.29. The molecule has 3 nitrogen and oxygen atoms in total. The smallest absolute Gasteiger partial charge is 0.227 e. The molecule has 3 aromatic rings. The summed E-state index contributed by atoms with van der Waals surface area (Å²) in [6.45, 7) is 6.68. The number of nitrogens with one attached hydrogen (secondary N) is 1. The highest BCUT2D eigenvalue weighted by atomic mass is 19.1. The molecule has 0 bridgehead atoms. The first-order valence-corrected chi connectivity index (χ1v) is 9.09. The van der Waals surface area contributed by atoms with Crippen molar-refractivity contribution in [2.24, 2.45) is 0 Å². The quantitative estimate of drug-likeness (QED) is 0.667. The lowest BCUT2D eigenvalue weighted by Crippen LogP contribution is -2.38. The average molecular weight is 352 g/mol. The normalized spacial score (nSPS) is 12.3. The summed E-state index contributed by atoms with van der Waals surface area (Å²) < 4.78 is 13.7. The Labute approximate surface area is 153 Å². The molecule has 0 aliphatic rings. The number of aromatic nitrogens is 1. The number of nitrogens with zero attached hydrogens (tertiary/aromatic N) is 1. The number of carbonyl (C=O) groups excluding carboxylic acids is 1. The van der Waals surface area contributed by atoms with Gasteiger partial charge >= 0.3 is 0 Å². The number of aryl methyl sites for hydroxylation is 1. The molecule has 1 amide bonds. The van der Waals surface area contributed by atoms with Crippen LogP contribution in [0.4, 0.5) is 4.39 Å². The van der Waals surface area contributed by atoms with Crippen molar-refractivity contribution < 1.29 is 9.18 Å². The summed E-state index contributed by atoms with van der Waals surface area (Å²) in [5.41, 5.74) is 3.78. The Bertz CT molecular complexity index is 901. The van der Waals surface area contributed by atoms with Crippen LogP contribution in [0.1, 0.15) is 37.1 Å². The Balaban J connectivity index is 1.88. The molecule has 0 fully saturated rings. The van der Waals surface area contributed by atoms with E-state index in [0.29, 0.717) is 6.54 Å². The van der Waals surface area contributed by atoms with Gasteiger partial charge in [-0.05, 0) is 49.6 Å². The lowest BCUT2D eigenvalue weighted by atomic mass is 10.0. The van der Waals surface area contributed by atoms with Crippen LogP contribution in [0, 0.1) is 12.7 Å². The van der Waals surface area contributed by atoms with Gasteiger partial charge in [0.05, 0.1) is 6.42 Å². The topological polar surface area (TPSA) is 36.1 Å². The standard InChI is InChI=1S/C22H25FN2O/c1-4-15(2)25(14-17-8-6-5-7-9-17)22(26)13-19-16(3)24-21-11-10-18(23)12-20(19)21/h5-12,15,24H,4,13-14H2,1-3H3. The van der Waals surface area contributed by atoms with Crippen molar-refractivity contribution in [2.45, 2.75) is 46.2 Å². The fourth-order valence-corrected chi connectivity index (χ4v) is 3.33. The van der Waals surface area contributed by atoms with Gasteiger partial charge in [-0.3, -0.25) is 4.79 Å². The van der Waals surface area contributed by atoms with Crippen LogP contribution in [-0.2, 0) is 17.8 Å². The molecule has 0 radical (unpaired) electrons. The van der Waals surface area contributed by atoms with E-state index in [-0.39, 0.29) is 24.2 Å². The summed E-state index contributed by atoms with van der Waals surface area (Å²) in [5.74, 6) is -0.218. The van der Waals surface area contributed by atoms with Gasteiger partial charge < -0.3 is 9.88 Å². The molecule has 1 N–H and O–H groups in total. The molecule has 0 aliphatic heterocycles. The van der Waals surface area contributed by atoms with Crippen LogP contribution >= 0.6 is 0 Å². The van der Waals surface area contributed by atoms with Crippen LogP contribution in [0.15, 0.2) is 48.5 Å². The van der Waals surface area contributed by atoms with Crippen molar-refractivity contribution in [1.29, 1.82) is 0 Å². The van der Waals surface area contributed by atoms with Gasteiger partial charge in [0.1, 0.15) is 5.82 Å². The van der Waals surface area contributed by atoms with Crippen molar-refractivity contribution in [3.63, 3.8) is 0 Å². The maximum absolute atomic E-state index is 13.7. The molecule has 26 heavy (non-hydrogen) atoms. The lowest BCUT2D eigenvalue weighted by molar-refractivity contribution is -0.133. The van der Waals surface area contributed by atoms with Crippen LogP contribution in [0.5, 0.6) is 0 Å². The first-order valence-electron chi connectivity index (χ1n) is 9.09. The molecular formula is C22H25FN2O.